The molecule has 1 atom stereocenters. The minimum absolute atomic E-state index is 0.211. The van der Waals surface area contributed by atoms with E-state index in [4.69, 9.17) is 0 Å². The Morgan fingerprint density at radius 3 is 2.57 bits per heavy atom. The van der Waals surface area contributed by atoms with Crippen LogP contribution in [0.15, 0.2) is 29.2 Å². The fourth-order valence-corrected chi connectivity index (χ4v) is 2.77. The third-order valence-electron chi connectivity index (χ3n) is 2.32. The van der Waals surface area contributed by atoms with Gasteiger partial charge in [-0.2, -0.15) is 0 Å². The van der Waals surface area contributed by atoms with Crippen molar-refractivity contribution in [2.75, 3.05) is 0 Å². The van der Waals surface area contributed by atoms with Crippen LogP contribution in [0.3, 0.4) is 0 Å². The second kappa shape index (κ2) is 4.13. The Balaban J connectivity index is 1.97. The van der Waals surface area contributed by atoms with Gasteiger partial charge in [0.15, 0.2) is 0 Å². The van der Waals surface area contributed by atoms with Crippen LogP contribution in [-0.2, 0) is 4.79 Å². The summed E-state index contributed by atoms with van der Waals surface area (Å²) in [4.78, 5) is 12.1. The van der Waals surface area contributed by atoms with Gasteiger partial charge in [-0.25, -0.2) is 4.39 Å². The van der Waals surface area contributed by atoms with Gasteiger partial charge in [-0.1, -0.05) is 0 Å². The highest BCUT2D eigenvalue weighted by molar-refractivity contribution is 8.00. The highest BCUT2D eigenvalue weighted by Gasteiger charge is 2.22. The molecule has 3 heteroatoms. The molecule has 0 heterocycles. The van der Waals surface area contributed by atoms with E-state index in [1.54, 1.807) is 23.9 Å². The van der Waals surface area contributed by atoms with Crippen molar-refractivity contribution in [3.8, 4) is 0 Å². The zero-order valence-corrected chi connectivity index (χ0v) is 8.52. The first-order chi connectivity index (χ1) is 6.74. The highest BCUT2D eigenvalue weighted by Crippen LogP contribution is 2.32. The summed E-state index contributed by atoms with van der Waals surface area (Å²) < 4.78 is 12.6. The van der Waals surface area contributed by atoms with Gasteiger partial charge in [-0.15, -0.1) is 11.8 Å². The highest BCUT2D eigenvalue weighted by atomic mass is 32.2. The van der Waals surface area contributed by atoms with Crippen molar-refractivity contribution in [3.05, 3.63) is 30.1 Å². The molecule has 0 radical (unpaired) electrons. The number of carbonyl (C=O) groups excluding carboxylic acids is 1. The van der Waals surface area contributed by atoms with Crippen LogP contribution in [0.2, 0.25) is 0 Å². The Hall–Kier alpha value is -0.830. The number of halogens is 1. The molecule has 1 aliphatic carbocycles. The van der Waals surface area contributed by atoms with E-state index in [2.05, 4.69) is 0 Å². The average molecular weight is 210 g/mol. The number of Topliss-reactive ketones (excluding diaryl/α,β-unsaturated/α-hetero) is 1. The molecule has 14 heavy (non-hydrogen) atoms. The molecule has 0 amide bonds. The molecule has 1 saturated carbocycles. The van der Waals surface area contributed by atoms with E-state index >= 15 is 0 Å². The maximum atomic E-state index is 12.6. The van der Waals surface area contributed by atoms with Crippen molar-refractivity contribution < 1.29 is 9.18 Å². The Bertz CT molecular complexity index is 334. The predicted molar refractivity (Wildman–Crippen MR) is 54.9 cm³/mol. The molecule has 1 aromatic rings. The van der Waals surface area contributed by atoms with Gasteiger partial charge in [-0.05, 0) is 30.7 Å². The first kappa shape index (κ1) is 9.71. The van der Waals surface area contributed by atoms with E-state index < -0.39 is 0 Å². The summed E-state index contributed by atoms with van der Waals surface area (Å²) in [6, 6.07) is 6.45. The summed E-state index contributed by atoms with van der Waals surface area (Å²) >= 11 is 1.68. The maximum Gasteiger partial charge on any atom is 0.134 e. The number of thioether (sulfide) groups is 1. The summed E-state index contributed by atoms with van der Waals surface area (Å²) in [6.07, 6.45) is 2.34. The van der Waals surface area contributed by atoms with Gasteiger partial charge < -0.3 is 0 Å². The third kappa shape index (κ3) is 2.35. The molecule has 0 spiro atoms. The lowest BCUT2D eigenvalue weighted by atomic mass is 10.3. The van der Waals surface area contributed by atoms with Crippen molar-refractivity contribution in [3.63, 3.8) is 0 Å². The predicted octanol–water partition coefficient (Wildman–Crippen LogP) is 3.04. The standard InChI is InChI=1S/C11H11FOS/c12-8-1-4-10(5-2-8)14-11-6-3-9(13)7-11/h1-2,4-5,11H,3,6-7H2. The second-order valence-corrected chi connectivity index (χ2v) is 4.85. The van der Waals surface area contributed by atoms with Crippen LogP contribution in [0, 0.1) is 5.82 Å². The van der Waals surface area contributed by atoms with Crippen LogP contribution >= 0.6 is 11.8 Å². The summed E-state index contributed by atoms with van der Waals surface area (Å²) in [7, 11) is 0. The van der Waals surface area contributed by atoms with E-state index in [1.807, 2.05) is 0 Å². The quantitative estimate of drug-likeness (QED) is 0.746. The third-order valence-corrected chi connectivity index (χ3v) is 3.60. The number of carbonyl (C=O) groups is 1. The fourth-order valence-electron chi connectivity index (χ4n) is 1.59. The second-order valence-electron chi connectivity index (χ2n) is 3.48. The van der Waals surface area contributed by atoms with Crippen molar-refractivity contribution in [2.24, 2.45) is 0 Å². The molecule has 1 nitrogen and oxygen atoms in total. The molecule has 1 aliphatic rings. The zero-order valence-electron chi connectivity index (χ0n) is 7.70. The Labute approximate surface area is 86.7 Å². The summed E-state index contributed by atoms with van der Waals surface area (Å²) in [5.41, 5.74) is 0. The first-order valence-electron chi connectivity index (χ1n) is 4.68. The van der Waals surface area contributed by atoms with Crippen LogP contribution in [0.4, 0.5) is 4.39 Å². The topological polar surface area (TPSA) is 17.1 Å². The molecule has 0 saturated heterocycles. The summed E-state index contributed by atoms with van der Waals surface area (Å²) in [5.74, 6) is 0.140. The van der Waals surface area contributed by atoms with Crippen LogP contribution in [-0.4, -0.2) is 11.0 Å². The van der Waals surface area contributed by atoms with E-state index in [0.717, 1.165) is 11.3 Å². The normalized spacial score (nSPS) is 21.5. The van der Waals surface area contributed by atoms with Gasteiger partial charge in [-0.3, -0.25) is 4.79 Å². The molecule has 0 N–H and O–H groups in total. The largest absolute Gasteiger partial charge is 0.300 e. The SMILES string of the molecule is O=C1CCC(Sc2ccc(F)cc2)C1. The number of ketones is 1. The van der Waals surface area contributed by atoms with Gasteiger partial charge in [0, 0.05) is 23.0 Å². The maximum absolute atomic E-state index is 12.6. The smallest absolute Gasteiger partial charge is 0.134 e. The van der Waals surface area contributed by atoms with E-state index in [0.29, 0.717) is 23.9 Å². The van der Waals surface area contributed by atoms with E-state index in [1.165, 1.54) is 12.1 Å². The molecule has 2 rings (SSSR count). The zero-order chi connectivity index (χ0) is 9.97. The van der Waals surface area contributed by atoms with Crippen LogP contribution in [0.1, 0.15) is 19.3 Å². The molecule has 0 bridgehead atoms. The van der Waals surface area contributed by atoms with Crippen molar-refractivity contribution in [1.29, 1.82) is 0 Å². The minimum atomic E-state index is -0.211. The van der Waals surface area contributed by atoms with Gasteiger partial charge >= 0.3 is 0 Å². The van der Waals surface area contributed by atoms with Gasteiger partial charge in [0.1, 0.15) is 11.6 Å². The lowest BCUT2D eigenvalue weighted by Crippen LogP contribution is -1.95. The van der Waals surface area contributed by atoms with E-state index in [9.17, 15) is 9.18 Å². The Morgan fingerprint density at radius 2 is 2.00 bits per heavy atom. The van der Waals surface area contributed by atoms with Gasteiger partial charge in [0.25, 0.3) is 0 Å². The molecular formula is C11H11FOS. The van der Waals surface area contributed by atoms with Crippen LogP contribution < -0.4 is 0 Å². The van der Waals surface area contributed by atoms with Crippen molar-refractivity contribution in [1.82, 2.24) is 0 Å². The summed E-state index contributed by atoms with van der Waals surface area (Å²) in [5, 5.41) is 0.396. The van der Waals surface area contributed by atoms with Crippen LogP contribution in [0.5, 0.6) is 0 Å². The monoisotopic (exact) mass is 210 g/mol. The molecular weight excluding hydrogens is 199 g/mol. The minimum Gasteiger partial charge on any atom is -0.300 e. The molecule has 1 unspecified atom stereocenters. The fraction of sp³-hybridized carbons (Fsp3) is 0.364. The summed E-state index contributed by atoms with van der Waals surface area (Å²) in [6.45, 7) is 0. The van der Waals surface area contributed by atoms with Gasteiger partial charge in [0.2, 0.25) is 0 Å². The average Bonchev–Trinajstić information content (AvgIpc) is 2.56. The molecule has 1 aromatic carbocycles. The Morgan fingerprint density at radius 1 is 1.29 bits per heavy atom. The number of hydrogen-bond acceptors (Lipinski definition) is 2. The molecule has 74 valence electrons. The van der Waals surface area contributed by atoms with Gasteiger partial charge in [0.05, 0.1) is 0 Å². The van der Waals surface area contributed by atoms with Crippen molar-refractivity contribution >= 4 is 17.5 Å². The lowest BCUT2D eigenvalue weighted by molar-refractivity contribution is -0.117. The molecule has 0 aromatic heterocycles. The number of rotatable bonds is 2. The first-order valence-corrected chi connectivity index (χ1v) is 5.56. The molecule has 1 fully saturated rings. The lowest BCUT2D eigenvalue weighted by Gasteiger charge is -2.06. The van der Waals surface area contributed by atoms with Crippen LogP contribution in [0.25, 0.3) is 0 Å². The number of benzene rings is 1. The Kier molecular flexibility index (Phi) is 2.87. The molecule has 0 aliphatic heterocycles. The number of hydrogen-bond donors (Lipinski definition) is 0. The van der Waals surface area contributed by atoms with E-state index in [-0.39, 0.29) is 5.82 Å². The van der Waals surface area contributed by atoms with Crippen molar-refractivity contribution in [2.45, 2.75) is 29.4 Å².